The topological polar surface area (TPSA) is 32.3 Å². The summed E-state index contributed by atoms with van der Waals surface area (Å²) in [6, 6.07) is 7.06. The van der Waals surface area contributed by atoms with Crippen molar-refractivity contribution >= 4 is 0 Å². The first-order chi connectivity index (χ1) is 10.2. The van der Waals surface area contributed by atoms with Gasteiger partial charge in [-0.2, -0.15) is 0 Å². The van der Waals surface area contributed by atoms with Gasteiger partial charge in [0.2, 0.25) is 0 Å². The first kappa shape index (κ1) is 13.6. The Balaban J connectivity index is 1.48. The second-order valence-corrected chi connectivity index (χ2v) is 7.62. The molecule has 2 heteroatoms. The van der Waals surface area contributed by atoms with Crippen LogP contribution >= 0.6 is 0 Å². The Morgan fingerprint density at radius 3 is 2.86 bits per heavy atom. The summed E-state index contributed by atoms with van der Waals surface area (Å²) in [5.41, 5.74) is 2.77. The zero-order chi connectivity index (χ0) is 14.4. The Kier molecular flexibility index (Phi) is 3.45. The normalized spacial score (nSPS) is 35.7. The minimum absolute atomic E-state index is 0.413. The van der Waals surface area contributed by atoms with E-state index in [1.807, 2.05) is 12.1 Å². The van der Waals surface area contributed by atoms with Gasteiger partial charge in [0, 0.05) is 12.1 Å². The van der Waals surface area contributed by atoms with Crippen LogP contribution in [0.3, 0.4) is 0 Å². The van der Waals surface area contributed by atoms with Crippen LogP contribution in [0.1, 0.15) is 62.6 Å². The lowest BCUT2D eigenvalue weighted by Gasteiger charge is -2.34. The highest BCUT2D eigenvalue weighted by Gasteiger charge is 2.42. The van der Waals surface area contributed by atoms with Crippen molar-refractivity contribution in [3.8, 4) is 5.75 Å². The van der Waals surface area contributed by atoms with E-state index in [-0.39, 0.29) is 0 Å². The zero-order valence-corrected chi connectivity index (χ0v) is 13.0. The fourth-order valence-corrected chi connectivity index (χ4v) is 5.32. The third kappa shape index (κ3) is 2.48. The van der Waals surface area contributed by atoms with Crippen LogP contribution in [-0.4, -0.2) is 11.1 Å². The van der Waals surface area contributed by atoms with Crippen LogP contribution in [0.5, 0.6) is 5.75 Å². The summed E-state index contributed by atoms with van der Waals surface area (Å²) in [6.07, 6.45) is 9.49. The van der Waals surface area contributed by atoms with E-state index in [0.717, 1.165) is 24.2 Å². The van der Waals surface area contributed by atoms with E-state index in [1.165, 1.54) is 49.7 Å². The standard InChI is InChI=1S/C19H27NO/c1-12(18-10-13-5-6-15(18)9-13)20-19-4-2-3-14-11-16(21)7-8-17(14)19/h7-8,11-13,15,18-21H,2-6,9-10H2,1H3. The van der Waals surface area contributed by atoms with Gasteiger partial charge in [-0.25, -0.2) is 0 Å². The van der Waals surface area contributed by atoms with Gasteiger partial charge in [0.05, 0.1) is 0 Å². The van der Waals surface area contributed by atoms with E-state index < -0.39 is 0 Å². The van der Waals surface area contributed by atoms with Crippen molar-refractivity contribution in [2.24, 2.45) is 17.8 Å². The third-order valence-electron chi connectivity index (χ3n) is 6.34. The lowest BCUT2D eigenvalue weighted by Crippen LogP contribution is -2.39. The number of nitrogens with one attached hydrogen (secondary N) is 1. The molecule has 114 valence electrons. The van der Waals surface area contributed by atoms with Gasteiger partial charge in [-0.3, -0.25) is 0 Å². The highest BCUT2D eigenvalue weighted by atomic mass is 16.3. The predicted octanol–water partition coefficient (Wildman–Crippen LogP) is 4.18. The fraction of sp³-hybridized carbons (Fsp3) is 0.684. The molecule has 1 aromatic carbocycles. The maximum absolute atomic E-state index is 9.68. The van der Waals surface area contributed by atoms with E-state index in [1.54, 1.807) is 0 Å². The maximum Gasteiger partial charge on any atom is 0.115 e. The Bertz CT molecular complexity index is 526. The number of benzene rings is 1. The summed E-state index contributed by atoms with van der Waals surface area (Å²) >= 11 is 0. The smallest absolute Gasteiger partial charge is 0.115 e. The summed E-state index contributed by atoms with van der Waals surface area (Å²) < 4.78 is 0. The second-order valence-electron chi connectivity index (χ2n) is 7.62. The molecule has 21 heavy (non-hydrogen) atoms. The van der Waals surface area contributed by atoms with E-state index in [0.29, 0.717) is 17.8 Å². The average Bonchev–Trinajstić information content (AvgIpc) is 3.10. The molecule has 2 saturated carbocycles. The second kappa shape index (κ2) is 5.31. The molecule has 4 rings (SSSR count). The monoisotopic (exact) mass is 285 g/mol. The number of hydrogen-bond acceptors (Lipinski definition) is 2. The fourth-order valence-electron chi connectivity index (χ4n) is 5.32. The summed E-state index contributed by atoms with van der Waals surface area (Å²) in [5, 5.41) is 13.6. The van der Waals surface area contributed by atoms with Crippen LogP contribution < -0.4 is 5.32 Å². The van der Waals surface area contributed by atoms with Crippen LogP contribution in [0.4, 0.5) is 0 Å². The van der Waals surface area contributed by atoms with Crippen molar-refractivity contribution in [1.82, 2.24) is 5.32 Å². The molecule has 5 atom stereocenters. The average molecular weight is 285 g/mol. The molecule has 3 aliphatic carbocycles. The third-order valence-corrected chi connectivity index (χ3v) is 6.34. The van der Waals surface area contributed by atoms with E-state index in [4.69, 9.17) is 0 Å². The number of phenolic OH excluding ortho intramolecular Hbond substituents is 1. The van der Waals surface area contributed by atoms with Gasteiger partial charge < -0.3 is 10.4 Å². The van der Waals surface area contributed by atoms with E-state index in [9.17, 15) is 5.11 Å². The van der Waals surface area contributed by atoms with Gasteiger partial charge in [-0.1, -0.05) is 12.5 Å². The summed E-state index contributed by atoms with van der Waals surface area (Å²) in [6.45, 7) is 2.40. The lowest BCUT2D eigenvalue weighted by molar-refractivity contribution is 0.239. The lowest BCUT2D eigenvalue weighted by atomic mass is 9.82. The number of rotatable bonds is 3. The van der Waals surface area contributed by atoms with Gasteiger partial charge in [-0.05, 0) is 86.5 Å². The van der Waals surface area contributed by atoms with Crippen molar-refractivity contribution in [2.45, 2.75) is 64.0 Å². The minimum Gasteiger partial charge on any atom is -0.508 e. The Morgan fingerprint density at radius 2 is 2.10 bits per heavy atom. The van der Waals surface area contributed by atoms with Crippen molar-refractivity contribution < 1.29 is 5.11 Å². The molecule has 0 aliphatic heterocycles. The van der Waals surface area contributed by atoms with Crippen LogP contribution in [0.25, 0.3) is 0 Å². The van der Waals surface area contributed by atoms with Crippen LogP contribution in [0, 0.1) is 17.8 Å². The molecule has 0 saturated heterocycles. The molecule has 2 N–H and O–H groups in total. The summed E-state index contributed by atoms with van der Waals surface area (Å²) in [5.74, 6) is 3.32. The highest BCUT2D eigenvalue weighted by molar-refractivity contribution is 5.38. The molecule has 0 spiro atoms. The molecule has 0 aromatic heterocycles. The number of phenols is 1. The Hall–Kier alpha value is -1.02. The van der Waals surface area contributed by atoms with Crippen LogP contribution in [0.15, 0.2) is 18.2 Å². The molecular weight excluding hydrogens is 258 g/mol. The van der Waals surface area contributed by atoms with Gasteiger partial charge in [0.15, 0.2) is 0 Å². The molecule has 1 aromatic rings. The molecule has 2 nitrogen and oxygen atoms in total. The maximum atomic E-state index is 9.68. The van der Waals surface area contributed by atoms with Crippen molar-refractivity contribution in [2.75, 3.05) is 0 Å². The molecule has 0 amide bonds. The summed E-state index contributed by atoms with van der Waals surface area (Å²) in [4.78, 5) is 0. The van der Waals surface area contributed by atoms with Crippen molar-refractivity contribution in [3.05, 3.63) is 29.3 Å². The number of fused-ring (bicyclic) bond motifs is 3. The first-order valence-corrected chi connectivity index (χ1v) is 8.78. The van der Waals surface area contributed by atoms with Crippen molar-refractivity contribution in [3.63, 3.8) is 0 Å². The van der Waals surface area contributed by atoms with Crippen molar-refractivity contribution in [1.29, 1.82) is 0 Å². The predicted molar refractivity (Wildman–Crippen MR) is 85.3 cm³/mol. The quantitative estimate of drug-likeness (QED) is 0.873. The van der Waals surface area contributed by atoms with E-state index in [2.05, 4.69) is 18.3 Å². The van der Waals surface area contributed by atoms with Gasteiger partial charge >= 0.3 is 0 Å². The minimum atomic E-state index is 0.413. The van der Waals surface area contributed by atoms with Crippen LogP contribution in [-0.2, 0) is 6.42 Å². The Morgan fingerprint density at radius 1 is 1.19 bits per heavy atom. The van der Waals surface area contributed by atoms with E-state index >= 15 is 0 Å². The number of aromatic hydroxyl groups is 1. The van der Waals surface area contributed by atoms with Gasteiger partial charge in [0.1, 0.15) is 5.75 Å². The molecule has 2 bridgehead atoms. The number of hydrogen-bond donors (Lipinski definition) is 2. The molecule has 3 aliphatic rings. The first-order valence-electron chi connectivity index (χ1n) is 8.78. The molecule has 2 fully saturated rings. The Labute approximate surface area is 128 Å². The SMILES string of the molecule is CC(NC1CCCc2cc(O)ccc21)C1CC2CCC1C2. The molecule has 5 unspecified atom stereocenters. The zero-order valence-electron chi connectivity index (χ0n) is 13.0. The van der Waals surface area contributed by atoms with Gasteiger partial charge in [0.25, 0.3) is 0 Å². The largest absolute Gasteiger partial charge is 0.508 e. The molecule has 0 radical (unpaired) electrons. The molecule has 0 heterocycles. The number of aryl methyl sites for hydroxylation is 1. The summed E-state index contributed by atoms with van der Waals surface area (Å²) in [7, 11) is 0. The van der Waals surface area contributed by atoms with Crippen LogP contribution in [0.2, 0.25) is 0 Å². The van der Waals surface area contributed by atoms with Gasteiger partial charge in [-0.15, -0.1) is 0 Å². The highest BCUT2D eigenvalue weighted by Crippen LogP contribution is 2.50. The molecular formula is C19H27NO.